The number of hydrogen-bond acceptors (Lipinski definition) is 4. The van der Waals surface area contributed by atoms with Gasteiger partial charge in [-0.3, -0.25) is 4.79 Å². The molecule has 0 aliphatic carbocycles. The van der Waals surface area contributed by atoms with Crippen LogP contribution in [-0.4, -0.2) is 45.4 Å². The predicted octanol–water partition coefficient (Wildman–Crippen LogP) is 0.666. The van der Waals surface area contributed by atoms with Crippen molar-refractivity contribution in [2.24, 2.45) is 5.92 Å². The van der Waals surface area contributed by atoms with Gasteiger partial charge < -0.3 is 15.3 Å². The highest BCUT2D eigenvalue weighted by Gasteiger charge is 2.31. The van der Waals surface area contributed by atoms with Gasteiger partial charge in [0.15, 0.2) is 6.10 Å². The number of unbranched alkanes of at least 4 members (excludes halogenated alkanes) is 1. The Bertz CT molecular complexity index is 219. The predicted molar refractivity (Wildman–Crippen MR) is 57.0 cm³/mol. The summed E-state index contributed by atoms with van der Waals surface area (Å²) in [5, 5.41) is 26.3. The van der Waals surface area contributed by atoms with Gasteiger partial charge >= 0.3 is 11.9 Å². The molecule has 6 heteroatoms. The summed E-state index contributed by atoms with van der Waals surface area (Å²) in [4.78, 5) is 21.1. The van der Waals surface area contributed by atoms with Crippen LogP contribution in [0.2, 0.25) is 0 Å². The highest BCUT2D eigenvalue weighted by molar-refractivity contribution is 7.98. The van der Waals surface area contributed by atoms with E-state index in [1.165, 1.54) is 0 Å². The van der Waals surface area contributed by atoms with Gasteiger partial charge in [0.2, 0.25) is 0 Å². The maximum Gasteiger partial charge on any atom is 0.333 e. The number of thioether (sulfide) groups is 1. The third kappa shape index (κ3) is 5.64. The molecule has 0 saturated heterocycles. The number of aliphatic carboxylic acids is 2. The van der Waals surface area contributed by atoms with Crippen LogP contribution in [0.5, 0.6) is 0 Å². The first-order chi connectivity index (χ1) is 7.00. The zero-order chi connectivity index (χ0) is 11.8. The molecule has 0 aromatic rings. The van der Waals surface area contributed by atoms with E-state index in [1.54, 1.807) is 11.8 Å². The van der Waals surface area contributed by atoms with Gasteiger partial charge in [-0.15, -0.1) is 0 Å². The van der Waals surface area contributed by atoms with Gasteiger partial charge in [-0.05, 0) is 24.9 Å². The van der Waals surface area contributed by atoms with Crippen molar-refractivity contribution in [3.8, 4) is 0 Å². The maximum absolute atomic E-state index is 10.7. The van der Waals surface area contributed by atoms with E-state index in [2.05, 4.69) is 0 Å². The Balaban J connectivity index is 4.05. The lowest BCUT2D eigenvalue weighted by molar-refractivity contribution is -0.159. The van der Waals surface area contributed by atoms with E-state index in [-0.39, 0.29) is 6.42 Å². The topological polar surface area (TPSA) is 94.8 Å². The molecule has 5 nitrogen and oxygen atoms in total. The molecule has 2 unspecified atom stereocenters. The fourth-order valence-corrected chi connectivity index (χ4v) is 1.69. The van der Waals surface area contributed by atoms with Gasteiger partial charge in [0, 0.05) is 0 Å². The SMILES string of the molecule is CSCCCCC(C(=O)O)C(O)C(=O)O. The number of carboxylic acid groups (broad SMARTS) is 2. The average Bonchev–Trinajstić information content (AvgIpc) is 2.16. The van der Waals surface area contributed by atoms with Crippen molar-refractivity contribution < 1.29 is 24.9 Å². The zero-order valence-corrected chi connectivity index (χ0v) is 9.37. The largest absolute Gasteiger partial charge is 0.481 e. The van der Waals surface area contributed by atoms with E-state index in [1.807, 2.05) is 6.26 Å². The standard InChI is InChI=1S/C9H16O5S/c1-15-5-3-2-4-6(8(11)12)7(10)9(13)14/h6-7,10H,2-5H2,1H3,(H,11,12)(H,13,14). The van der Waals surface area contributed by atoms with Gasteiger partial charge in [0.1, 0.15) is 0 Å². The number of aliphatic hydroxyl groups is 1. The van der Waals surface area contributed by atoms with E-state index < -0.39 is 24.0 Å². The maximum atomic E-state index is 10.7. The van der Waals surface area contributed by atoms with Crippen molar-refractivity contribution in [3.63, 3.8) is 0 Å². The summed E-state index contributed by atoms with van der Waals surface area (Å²) in [6.07, 6.45) is 1.78. The van der Waals surface area contributed by atoms with Gasteiger partial charge in [-0.2, -0.15) is 11.8 Å². The van der Waals surface area contributed by atoms with Crippen LogP contribution in [0.3, 0.4) is 0 Å². The van der Waals surface area contributed by atoms with E-state index in [4.69, 9.17) is 15.3 Å². The summed E-state index contributed by atoms with van der Waals surface area (Å²) in [5.41, 5.74) is 0. The molecular formula is C9H16O5S. The smallest absolute Gasteiger partial charge is 0.333 e. The first kappa shape index (κ1) is 14.2. The Kier molecular flexibility index (Phi) is 7.15. The molecule has 0 rings (SSSR count). The van der Waals surface area contributed by atoms with Gasteiger partial charge in [0.25, 0.3) is 0 Å². The molecule has 0 heterocycles. The van der Waals surface area contributed by atoms with Crippen molar-refractivity contribution in [1.29, 1.82) is 0 Å². The van der Waals surface area contributed by atoms with Crippen molar-refractivity contribution >= 4 is 23.7 Å². The molecule has 0 fully saturated rings. The van der Waals surface area contributed by atoms with Crippen molar-refractivity contribution in [3.05, 3.63) is 0 Å². The van der Waals surface area contributed by atoms with Crippen LogP contribution >= 0.6 is 11.8 Å². The molecule has 0 amide bonds. The number of carbonyl (C=O) groups is 2. The second kappa shape index (κ2) is 7.53. The summed E-state index contributed by atoms with van der Waals surface area (Å²) < 4.78 is 0. The highest BCUT2D eigenvalue weighted by atomic mass is 32.2. The molecule has 0 aliphatic rings. The molecule has 0 aliphatic heterocycles. The minimum absolute atomic E-state index is 0.198. The lowest BCUT2D eigenvalue weighted by Gasteiger charge is -2.14. The second-order valence-corrected chi connectivity index (χ2v) is 4.20. The zero-order valence-electron chi connectivity index (χ0n) is 8.55. The Morgan fingerprint density at radius 1 is 1.20 bits per heavy atom. The monoisotopic (exact) mass is 236 g/mol. The third-order valence-corrected chi connectivity index (χ3v) is 2.76. The van der Waals surface area contributed by atoms with Crippen molar-refractivity contribution in [1.82, 2.24) is 0 Å². The van der Waals surface area contributed by atoms with E-state index in [9.17, 15) is 9.59 Å². The van der Waals surface area contributed by atoms with E-state index in [0.717, 1.165) is 12.2 Å². The number of aliphatic hydroxyl groups excluding tert-OH is 1. The number of rotatable bonds is 8. The summed E-state index contributed by atoms with van der Waals surface area (Å²) >= 11 is 1.65. The molecule has 0 aromatic heterocycles. The van der Waals surface area contributed by atoms with Crippen LogP contribution < -0.4 is 0 Å². The highest BCUT2D eigenvalue weighted by Crippen LogP contribution is 2.15. The lowest BCUT2D eigenvalue weighted by Crippen LogP contribution is -2.34. The van der Waals surface area contributed by atoms with Crippen LogP contribution in [0.15, 0.2) is 0 Å². The molecular weight excluding hydrogens is 220 g/mol. The quantitative estimate of drug-likeness (QED) is 0.536. The molecule has 15 heavy (non-hydrogen) atoms. The average molecular weight is 236 g/mol. The Morgan fingerprint density at radius 3 is 2.20 bits per heavy atom. The lowest BCUT2D eigenvalue weighted by atomic mass is 9.96. The molecule has 0 spiro atoms. The van der Waals surface area contributed by atoms with Crippen LogP contribution in [0.4, 0.5) is 0 Å². The van der Waals surface area contributed by atoms with Crippen LogP contribution in [0.25, 0.3) is 0 Å². The molecule has 2 atom stereocenters. The van der Waals surface area contributed by atoms with Crippen molar-refractivity contribution in [2.75, 3.05) is 12.0 Å². The second-order valence-electron chi connectivity index (χ2n) is 3.22. The molecule has 0 saturated carbocycles. The minimum atomic E-state index is -1.81. The number of carboxylic acids is 2. The van der Waals surface area contributed by atoms with Gasteiger partial charge in [-0.25, -0.2) is 4.79 Å². The summed E-state index contributed by atoms with van der Waals surface area (Å²) in [6, 6.07) is 0. The molecule has 3 N–H and O–H groups in total. The molecule has 0 bridgehead atoms. The van der Waals surface area contributed by atoms with Crippen molar-refractivity contribution in [2.45, 2.75) is 25.4 Å². The molecule has 0 aromatic carbocycles. The van der Waals surface area contributed by atoms with Gasteiger partial charge in [-0.1, -0.05) is 6.42 Å². The van der Waals surface area contributed by atoms with Crippen LogP contribution in [0.1, 0.15) is 19.3 Å². The molecule has 88 valence electrons. The minimum Gasteiger partial charge on any atom is -0.481 e. The first-order valence-corrected chi connectivity index (χ1v) is 6.02. The van der Waals surface area contributed by atoms with E-state index >= 15 is 0 Å². The fraction of sp³-hybridized carbons (Fsp3) is 0.778. The Morgan fingerprint density at radius 2 is 1.80 bits per heavy atom. The summed E-state index contributed by atoms with van der Waals surface area (Å²) in [6.45, 7) is 0. The normalized spacial score (nSPS) is 14.5. The van der Waals surface area contributed by atoms with Crippen LogP contribution in [0, 0.1) is 5.92 Å². The first-order valence-electron chi connectivity index (χ1n) is 4.63. The summed E-state index contributed by atoms with van der Waals surface area (Å²) in [7, 11) is 0. The third-order valence-electron chi connectivity index (χ3n) is 2.06. The van der Waals surface area contributed by atoms with E-state index in [0.29, 0.717) is 6.42 Å². The Labute approximate surface area is 92.5 Å². The molecule has 0 radical (unpaired) electrons. The van der Waals surface area contributed by atoms with Gasteiger partial charge in [0.05, 0.1) is 5.92 Å². The fourth-order valence-electron chi connectivity index (χ4n) is 1.20. The van der Waals surface area contributed by atoms with Crippen LogP contribution in [-0.2, 0) is 9.59 Å². The number of hydrogen-bond donors (Lipinski definition) is 3. The Hall–Kier alpha value is -0.750. The summed E-state index contributed by atoms with van der Waals surface area (Å²) in [5.74, 6) is -3.03.